The van der Waals surface area contributed by atoms with Crippen LogP contribution in [0.15, 0.2) is 24.5 Å². The summed E-state index contributed by atoms with van der Waals surface area (Å²) in [6.45, 7) is 8.19. The summed E-state index contributed by atoms with van der Waals surface area (Å²) in [5.74, 6) is 1.67. The van der Waals surface area contributed by atoms with E-state index in [9.17, 15) is 0 Å². The second kappa shape index (κ2) is 7.41. The first-order valence-electron chi connectivity index (χ1n) is 8.19. The Kier molecular flexibility index (Phi) is 5.07. The molecule has 7 heteroatoms. The lowest BCUT2D eigenvalue weighted by Gasteiger charge is -2.27. The average Bonchev–Trinajstić information content (AvgIpc) is 3.08. The molecule has 0 spiro atoms. The number of morpholine rings is 1. The van der Waals surface area contributed by atoms with Gasteiger partial charge in [-0.05, 0) is 19.4 Å². The van der Waals surface area contributed by atoms with Crippen LogP contribution in [0.3, 0.4) is 0 Å². The van der Waals surface area contributed by atoms with Crippen LogP contribution in [-0.4, -0.2) is 52.1 Å². The van der Waals surface area contributed by atoms with Crippen LogP contribution < -0.4 is 10.2 Å². The van der Waals surface area contributed by atoms with Gasteiger partial charge in [0.05, 0.1) is 19.8 Å². The van der Waals surface area contributed by atoms with Gasteiger partial charge in [0.25, 0.3) is 0 Å². The predicted octanol–water partition coefficient (Wildman–Crippen LogP) is 1.57. The van der Waals surface area contributed by atoms with Crippen LogP contribution in [0.1, 0.15) is 19.5 Å². The monoisotopic (exact) mass is 316 g/mol. The van der Waals surface area contributed by atoms with Gasteiger partial charge in [0.15, 0.2) is 0 Å². The van der Waals surface area contributed by atoms with Crippen molar-refractivity contribution in [3.63, 3.8) is 0 Å². The third-order valence-electron chi connectivity index (χ3n) is 3.84. The average molecular weight is 316 g/mol. The zero-order chi connectivity index (χ0) is 16.1. The van der Waals surface area contributed by atoms with E-state index < -0.39 is 0 Å². The first kappa shape index (κ1) is 15.7. The van der Waals surface area contributed by atoms with Crippen LogP contribution in [-0.2, 0) is 17.7 Å². The molecule has 0 aliphatic carbocycles. The fraction of sp³-hybridized carbons (Fsp3) is 0.562. The Bertz CT molecular complexity index is 609. The van der Waals surface area contributed by atoms with Gasteiger partial charge in [0, 0.05) is 43.3 Å². The molecule has 0 amide bonds. The summed E-state index contributed by atoms with van der Waals surface area (Å²) in [4.78, 5) is 11.5. The Morgan fingerprint density at radius 2 is 2.13 bits per heavy atom. The highest BCUT2D eigenvalue weighted by atomic mass is 16.5. The number of aryl methyl sites for hydroxylation is 1. The summed E-state index contributed by atoms with van der Waals surface area (Å²) in [7, 11) is 0. The first-order chi connectivity index (χ1) is 11.2. The molecule has 1 aliphatic rings. The largest absolute Gasteiger partial charge is 0.378 e. The van der Waals surface area contributed by atoms with Gasteiger partial charge >= 0.3 is 0 Å². The number of nitrogens with one attached hydrogen (secondary N) is 1. The van der Waals surface area contributed by atoms with Gasteiger partial charge in [-0.2, -0.15) is 10.1 Å². The summed E-state index contributed by atoms with van der Waals surface area (Å²) in [6.07, 6.45) is 4.65. The van der Waals surface area contributed by atoms with Crippen molar-refractivity contribution in [3.05, 3.63) is 30.2 Å². The topological polar surface area (TPSA) is 68.1 Å². The third-order valence-corrected chi connectivity index (χ3v) is 3.84. The molecule has 124 valence electrons. The molecule has 1 saturated heterocycles. The summed E-state index contributed by atoms with van der Waals surface area (Å²) in [5.41, 5.74) is 1.05. The van der Waals surface area contributed by atoms with Crippen molar-refractivity contribution in [1.82, 2.24) is 19.7 Å². The molecule has 0 unspecified atom stereocenters. The van der Waals surface area contributed by atoms with E-state index in [1.54, 1.807) is 6.20 Å². The highest BCUT2D eigenvalue weighted by Gasteiger charge is 2.16. The van der Waals surface area contributed by atoms with Crippen molar-refractivity contribution < 1.29 is 4.74 Å². The van der Waals surface area contributed by atoms with Crippen molar-refractivity contribution in [2.75, 3.05) is 36.5 Å². The van der Waals surface area contributed by atoms with Crippen LogP contribution in [0.4, 0.5) is 11.8 Å². The van der Waals surface area contributed by atoms with Gasteiger partial charge in [0.2, 0.25) is 5.95 Å². The lowest BCUT2D eigenvalue weighted by Crippen LogP contribution is -2.37. The molecule has 0 bridgehead atoms. The minimum Gasteiger partial charge on any atom is -0.378 e. The van der Waals surface area contributed by atoms with E-state index >= 15 is 0 Å². The predicted molar refractivity (Wildman–Crippen MR) is 89.8 cm³/mol. The summed E-state index contributed by atoms with van der Waals surface area (Å²) in [6, 6.07) is 4.19. The maximum Gasteiger partial charge on any atom is 0.227 e. The Balaban J connectivity index is 1.72. The van der Waals surface area contributed by atoms with Gasteiger partial charge in [-0.1, -0.05) is 6.92 Å². The van der Waals surface area contributed by atoms with E-state index in [-0.39, 0.29) is 6.04 Å². The first-order valence-corrected chi connectivity index (χ1v) is 8.19. The molecule has 7 nitrogen and oxygen atoms in total. The number of rotatable bonds is 6. The third kappa shape index (κ3) is 4.19. The summed E-state index contributed by atoms with van der Waals surface area (Å²) in [5, 5.41) is 7.71. The minimum atomic E-state index is 0.229. The second-order valence-corrected chi connectivity index (χ2v) is 5.77. The number of hydrogen-bond donors (Lipinski definition) is 1. The normalized spacial score (nSPS) is 16.3. The van der Waals surface area contributed by atoms with Gasteiger partial charge in [0.1, 0.15) is 5.82 Å². The fourth-order valence-electron chi connectivity index (χ4n) is 2.63. The molecule has 1 fully saturated rings. The molecule has 0 saturated carbocycles. The maximum absolute atomic E-state index is 5.41. The minimum absolute atomic E-state index is 0.229. The molecule has 3 heterocycles. The summed E-state index contributed by atoms with van der Waals surface area (Å²) < 4.78 is 7.33. The van der Waals surface area contributed by atoms with Crippen LogP contribution in [0.5, 0.6) is 0 Å². The highest BCUT2D eigenvalue weighted by molar-refractivity contribution is 5.44. The number of nitrogens with zero attached hydrogens (tertiary/aromatic N) is 5. The Morgan fingerprint density at radius 3 is 2.83 bits per heavy atom. The SMILES string of the molecule is CCc1cc(N[C@H](C)Cn2cccn2)nc(N2CCOCC2)n1. The molecule has 2 aromatic heterocycles. The summed E-state index contributed by atoms with van der Waals surface area (Å²) >= 11 is 0. The lowest BCUT2D eigenvalue weighted by atomic mass is 10.3. The van der Waals surface area contributed by atoms with Gasteiger partial charge in [-0.3, -0.25) is 4.68 Å². The van der Waals surface area contributed by atoms with Gasteiger partial charge in [-0.25, -0.2) is 4.98 Å². The van der Waals surface area contributed by atoms with Crippen molar-refractivity contribution in [1.29, 1.82) is 0 Å². The Hall–Kier alpha value is -2.15. The van der Waals surface area contributed by atoms with Crippen LogP contribution in [0.2, 0.25) is 0 Å². The maximum atomic E-state index is 5.41. The molecular weight excluding hydrogens is 292 g/mol. The number of anilines is 2. The quantitative estimate of drug-likeness (QED) is 0.872. The van der Waals surface area contributed by atoms with Crippen molar-refractivity contribution in [3.8, 4) is 0 Å². The van der Waals surface area contributed by atoms with Crippen LogP contribution in [0, 0.1) is 0 Å². The molecule has 2 aromatic rings. The van der Waals surface area contributed by atoms with E-state index in [1.165, 1.54) is 0 Å². The van der Waals surface area contributed by atoms with Crippen molar-refractivity contribution >= 4 is 11.8 Å². The number of hydrogen-bond acceptors (Lipinski definition) is 6. The highest BCUT2D eigenvalue weighted by Crippen LogP contribution is 2.16. The zero-order valence-electron chi connectivity index (χ0n) is 13.8. The van der Waals surface area contributed by atoms with Crippen LogP contribution in [0.25, 0.3) is 0 Å². The Morgan fingerprint density at radius 1 is 1.30 bits per heavy atom. The number of aromatic nitrogens is 4. The van der Waals surface area contributed by atoms with E-state index in [4.69, 9.17) is 9.72 Å². The van der Waals surface area contributed by atoms with E-state index in [0.717, 1.165) is 56.7 Å². The second-order valence-electron chi connectivity index (χ2n) is 5.77. The molecule has 1 N–H and O–H groups in total. The van der Waals surface area contributed by atoms with E-state index in [1.807, 2.05) is 23.0 Å². The molecular formula is C16H24N6O. The zero-order valence-corrected chi connectivity index (χ0v) is 13.8. The van der Waals surface area contributed by atoms with Crippen LogP contribution >= 0.6 is 0 Å². The molecule has 0 radical (unpaired) electrons. The van der Waals surface area contributed by atoms with Crippen molar-refractivity contribution in [2.24, 2.45) is 0 Å². The standard InChI is InChI=1S/C16H24N6O/c1-3-14-11-15(18-13(2)12-22-6-4-5-17-22)20-16(19-14)21-7-9-23-10-8-21/h4-6,11,13H,3,7-10,12H2,1-2H3,(H,18,19,20)/t13-/m1/s1. The van der Waals surface area contributed by atoms with Crippen molar-refractivity contribution in [2.45, 2.75) is 32.9 Å². The van der Waals surface area contributed by atoms with Gasteiger partial charge in [-0.15, -0.1) is 0 Å². The molecule has 1 aliphatic heterocycles. The van der Waals surface area contributed by atoms with Gasteiger partial charge < -0.3 is 15.0 Å². The molecule has 0 aromatic carbocycles. The Labute approximate surface area is 136 Å². The lowest BCUT2D eigenvalue weighted by molar-refractivity contribution is 0.122. The smallest absolute Gasteiger partial charge is 0.227 e. The molecule has 23 heavy (non-hydrogen) atoms. The number of ether oxygens (including phenoxy) is 1. The fourth-order valence-corrected chi connectivity index (χ4v) is 2.63. The van der Waals surface area contributed by atoms with E-state index in [0.29, 0.717) is 0 Å². The van der Waals surface area contributed by atoms with E-state index in [2.05, 4.69) is 34.1 Å². The molecule has 1 atom stereocenters. The molecule has 3 rings (SSSR count).